The number of hydrogen-bond donors (Lipinski definition) is 3. The molecule has 2 atom stereocenters. The number of allylic oxidation sites excluding steroid dienone is 1. The highest BCUT2D eigenvalue weighted by atomic mass is 31.2. The Bertz CT molecular complexity index is 789. The van der Waals surface area contributed by atoms with Gasteiger partial charge in [-0.3, -0.25) is 0 Å². The summed E-state index contributed by atoms with van der Waals surface area (Å²) in [7, 11) is -4.70. The lowest BCUT2D eigenvalue weighted by Crippen LogP contribution is -2.29. The van der Waals surface area contributed by atoms with Crippen molar-refractivity contribution in [2.24, 2.45) is 0 Å². The molecule has 0 aromatic carbocycles. The Kier molecular flexibility index (Phi) is 5.82. The molecule has 10 N–H and O–H groups in total. The van der Waals surface area contributed by atoms with E-state index in [4.69, 9.17) is 10.5 Å². The topological polar surface area (TPSA) is 215 Å². The normalized spacial score (nSPS) is 23.0. The number of hydrogen-bond acceptors (Lipinski definition) is 8. The van der Waals surface area contributed by atoms with Crippen LogP contribution in [0.3, 0.4) is 0 Å². The van der Waals surface area contributed by atoms with Crippen molar-refractivity contribution in [1.29, 1.82) is 0 Å². The van der Waals surface area contributed by atoms with Gasteiger partial charge in [-0.1, -0.05) is 12.2 Å². The molecule has 11 nitrogen and oxygen atoms in total. The van der Waals surface area contributed by atoms with E-state index in [0.717, 1.165) is 0 Å². The van der Waals surface area contributed by atoms with Gasteiger partial charge in [-0.25, -0.2) is 15.0 Å². The first-order valence-corrected chi connectivity index (χ1v) is 8.28. The number of rotatable bonds is 4. The van der Waals surface area contributed by atoms with E-state index in [1.54, 1.807) is 19.3 Å². The summed E-state index contributed by atoms with van der Waals surface area (Å²) in [6.45, 7) is 1.72. The van der Waals surface area contributed by atoms with Gasteiger partial charge in [-0.05, 0) is 14.5 Å². The molecule has 1 aliphatic carbocycles. The van der Waals surface area contributed by atoms with Crippen LogP contribution in [0.25, 0.3) is 11.2 Å². The second-order valence-corrected chi connectivity index (χ2v) is 6.89. The molecule has 0 radical (unpaired) electrons. The molecule has 2 aromatic rings. The predicted molar refractivity (Wildman–Crippen MR) is 86.5 cm³/mol. The van der Waals surface area contributed by atoms with Gasteiger partial charge in [0.2, 0.25) is 0 Å². The van der Waals surface area contributed by atoms with Crippen molar-refractivity contribution in [1.82, 2.24) is 31.8 Å². The van der Waals surface area contributed by atoms with Crippen molar-refractivity contribution in [3.05, 3.63) is 24.8 Å². The van der Waals surface area contributed by atoms with Gasteiger partial charge in [0.15, 0.2) is 11.5 Å². The number of nitrogens with two attached hydrogens (primary N) is 1. The van der Waals surface area contributed by atoms with E-state index < -0.39 is 19.5 Å². The average Bonchev–Trinajstić information content (AvgIpc) is 3.01. The van der Waals surface area contributed by atoms with Crippen molar-refractivity contribution in [2.45, 2.75) is 25.0 Å². The zero-order chi connectivity index (χ0) is 16.0. The summed E-state index contributed by atoms with van der Waals surface area (Å²) in [5.41, 5.74) is 6.01. The van der Waals surface area contributed by atoms with Crippen LogP contribution >= 0.6 is 7.60 Å². The van der Waals surface area contributed by atoms with Crippen molar-refractivity contribution >= 4 is 24.6 Å². The van der Waals surface area contributed by atoms with Gasteiger partial charge in [-0.15, -0.1) is 0 Å². The molecule has 12 heteroatoms. The molecule has 0 bridgehead atoms. The third kappa shape index (κ3) is 3.96. The van der Waals surface area contributed by atoms with Gasteiger partial charge in [0.25, 0.3) is 0 Å². The highest BCUT2D eigenvalue weighted by Crippen LogP contribution is 2.37. The number of fused-ring (bicyclic) bond motifs is 1. The third-order valence-corrected chi connectivity index (χ3v) is 4.03. The number of imidazole rings is 1. The molecule has 0 aliphatic heterocycles. The Hall–Kier alpha value is -1.88. The maximum Gasteiger partial charge on any atom is 0.165 e. The van der Waals surface area contributed by atoms with Crippen molar-refractivity contribution < 1.29 is 19.1 Å². The molecule has 2 heterocycles. The number of quaternary nitrogens is 2. The molecular weight excluding hydrogens is 337 g/mol. The number of ether oxygens (including phenoxy) is 1. The quantitative estimate of drug-likeness (QED) is 0.508. The minimum atomic E-state index is -4.70. The van der Waals surface area contributed by atoms with Crippen LogP contribution in [-0.2, 0) is 9.30 Å². The molecule has 0 spiro atoms. The maximum absolute atomic E-state index is 10.7. The Balaban J connectivity index is 0.00000144. The zero-order valence-electron chi connectivity index (χ0n) is 13.7. The first kappa shape index (κ1) is 20.2. The van der Waals surface area contributed by atoms with Crippen molar-refractivity contribution in [3.8, 4) is 0 Å². The molecule has 0 saturated heterocycles. The molecular formula is C12H22N7O4P. The van der Waals surface area contributed by atoms with E-state index in [0.29, 0.717) is 23.4 Å². The predicted octanol–water partition coefficient (Wildman–Crippen LogP) is 0.308. The van der Waals surface area contributed by atoms with E-state index in [-0.39, 0.29) is 18.3 Å². The number of anilines is 1. The van der Waals surface area contributed by atoms with Crippen LogP contribution in [-0.4, -0.2) is 31.5 Å². The molecule has 3 rings (SSSR count). The minimum Gasteiger partial charge on any atom is -0.809 e. The molecule has 1 aliphatic rings. The zero-order valence-corrected chi connectivity index (χ0v) is 14.6. The summed E-state index contributed by atoms with van der Waals surface area (Å²) in [5, 5.41) is 0. The average molecular weight is 359 g/mol. The Morgan fingerprint density at radius 1 is 1.42 bits per heavy atom. The van der Waals surface area contributed by atoms with Crippen LogP contribution in [0.2, 0.25) is 0 Å². The summed E-state index contributed by atoms with van der Waals surface area (Å²) in [4.78, 5) is 33.7. The first-order chi connectivity index (χ1) is 10.3. The van der Waals surface area contributed by atoms with Gasteiger partial charge in [0.05, 0.1) is 24.3 Å². The van der Waals surface area contributed by atoms with E-state index in [1.807, 2.05) is 10.6 Å². The Morgan fingerprint density at radius 2 is 2.12 bits per heavy atom. The maximum atomic E-state index is 10.7. The molecule has 24 heavy (non-hydrogen) atoms. The van der Waals surface area contributed by atoms with Crippen LogP contribution < -0.4 is 27.8 Å². The highest BCUT2D eigenvalue weighted by molar-refractivity contribution is 7.48. The number of aromatic nitrogens is 4. The summed E-state index contributed by atoms with van der Waals surface area (Å²) in [5.74, 6) is 0.295. The van der Waals surface area contributed by atoms with Crippen LogP contribution in [0.1, 0.15) is 19.4 Å². The van der Waals surface area contributed by atoms with Gasteiger partial charge in [0, 0.05) is 6.42 Å². The van der Waals surface area contributed by atoms with E-state index in [2.05, 4.69) is 15.0 Å². The summed E-state index contributed by atoms with van der Waals surface area (Å²) in [6.07, 6.45) is 6.18. The van der Waals surface area contributed by atoms with Crippen LogP contribution in [0.5, 0.6) is 0 Å². The SMILES string of the molecule is C[C@@]1(OCP(=O)([O-])[O-])C=C[C@H](n2cnc3c(N)ncnc32)C1.[NH4+].[NH4+]. The smallest absolute Gasteiger partial charge is 0.165 e. The lowest BCUT2D eigenvalue weighted by Gasteiger charge is -2.34. The molecule has 0 unspecified atom stereocenters. The number of nitrogens with zero attached hydrogens (tertiary/aromatic N) is 4. The second kappa shape index (κ2) is 6.93. The lowest BCUT2D eigenvalue weighted by atomic mass is 10.1. The lowest BCUT2D eigenvalue weighted by molar-refractivity contribution is -0.319. The molecule has 0 saturated carbocycles. The summed E-state index contributed by atoms with van der Waals surface area (Å²) < 4.78 is 17.8. The fourth-order valence-corrected chi connectivity index (χ4v) is 2.96. The third-order valence-electron chi connectivity index (χ3n) is 3.58. The monoisotopic (exact) mass is 359 g/mol. The van der Waals surface area contributed by atoms with Crippen LogP contribution in [0.15, 0.2) is 24.8 Å². The number of nitrogen functional groups attached to an aromatic ring is 1. The summed E-state index contributed by atoms with van der Waals surface area (Å²) in [6, 6.07) is -0.123. The van der Waals surface area contributed by atoms with Gasteiger partial charge >= 0.3 is 0 Å². The van der Waals surface area contributed by atoms with Gasteiger partial charge < -0.3 is 41.7 Å². The minimum absolute atomic E-state index is 0. The molecule has 0 amide bonds. The summed E-state index contributed by atoms with van der Waals surface area (Å²) >= 11 is 0. The highest BCUT2D eigenvalue weighted by Gasteiger charge is 2.32. The van der Waals surface area contributed by atoms with Crippen LogP contribution in [0, 0.1) is 0 Å². The van der Waals surface area contributed by atoms with Gasteiger partial charge in [0.1, 0.15) is 11.8 Å². The Morgan fingerprint density at radius 3 is 2.79 bits per heavy atom. The van der Waals surface area contributed by atoms with Gasteiger partial charge in [-0.2, -0.15) is 0 Å². The Labute approximate surface area is 138 Å². The molecule has 134 valence electrons. The molecule has 2 aromatic heterocycles. The van der Waals surface area contributed by atoms with Crippen molar-refractivity contribution in [3.63, 3.8) is 0 Å². The fourth-order valence-electron chi connectivity index (χ4n) is 2.50. The fraction of sp³-hybridized carbons (Fsp3) is 0.417. The standard InChI is InChI=1S/C12H16N5O4P.2H3N/c1-12(21-7-22(18,19)20)3-2-8(4-12)17-6-16-9-10(13)14-5-15-11(9)17;;/h2-3,5-6,8H,4,7H2,1H3,(H2,13,14,15)(H2,18,19,20);2*1H3/t8-,12+;;/m0../s1. The van der Waals surface area contributed by atoms with Crippen molar-refractivity contribution in [2.75, 3.05) is 12.1 Å². The van der Waals surface area contributed by atoms with E-state index >= 15 is 0 Å². The van der Waals surface area contributed by atoms with Crippen LogP contribution in [0.4, 0.5) is 5.82 Å². The van der Waals surface area contributed by atoms with E-state index in [9.17, 15) is 14.4 Å². The first-order valence-electron chi connectivity index (χ1n) is 6.55. The largest absolute Gasteiger partial charge is 0.809 e. The molecule has 0 fully saturated rings. The second-order valence-electron chi connectivity index (χ2n) is 5.41. The van der Waals surface area contributed by atoms with E-state index in [1.165, 1.54) is 6.33 Å².